The van der Waals surface area contributed by atoms with Crippen LogP contribution in [-0.2, 0) is 13.6 Å². The van der Waals surface area contributed by atoms with Crippen molar-refractivity contribution in [1.29, 1.82) is 0 Å². The number of fused-ring (bicyclic) bond motifs is 1. The van der Waals surface area contributed by atoms with E-state index in [4.69, 9.17) is 5.11 Å². The third-order valence-electron chi connectivity index (χ3n) is 3.28. The van der Waals surface area contributed by atoms with Crippen LogP contribution in [0.2, 0.25) is 0 Å². The van der Waals surface area contributed by atoms with Gasteiger partial charge in [0.15, 0.2) is 0 Å². The van der Waals surface area contributed by atoms with E-state index in [-0.39, 0.29) is 11.3 Å². The third-order valence-corrected chi connectivity index (χ3v) is 3.28. The highest BCUT2D eigenvalue weighted by atomic mass is 16.4. The summed E-state index contributed by atoms with van der Waals surface area (Å²) >= 11 is 0. The molecule has 2 N–H and O–H groups in total. The number of aromatic carboxylic acids is 1. The first-order valence-electron chi connectivity index (χ1n) is 5.99. The Bertz CT molecular complexity index is 856. The number of H-pyrrole nitrogens is 1. The van der Waals surface area contributed by atoms with Gasteiger partial charge >= 0.3 is 11.7 Å². The number of nitrogens with zero attached hydrogens (tertiary/aromatic N) is 3. The number of rotatable bonds is 3. The summed E-state index contributed by atoms with van der Waals surface area (Å²) in [7, 11) is 1.79. The van der Waals surface area contributed by atoms with E-state index >= 15 is 0 Å². The Labute approximate surface area is 113 Å². The number of aromatic nitrogens is 4. The van der Waals surface area contributed by atoms with E-state index in [9.17, 15) is 9.59 Å². The van der Waals surface area contributed by atoms with Gasteiger partial charge in [0, 0.05) is 13.2 Å². The number of carboxylic acid groups (broad SMARTS) is 1. The van der Waals surface area contributed by atoms with Crippen molar-refractivity contribution in [2.45, 2.75) is 6.54 Å². The molecule has 0 saturated heterocycles. The highest BCUT2D eigenvalue weighted by Gasteiger charge is 2.15. The number of carbonyl (C=O) groups is 1. The fourth-order valence-corrected chi connectivity index (χ4v) is 2.23. The predicted molar refractivity (Wildman–Crippen MR) is 71.8 cm³/mol. The normalized spacial score (nSPS) is 11.1. The molecule has 0 saturated carbocycles. The monoisotopic (exact) mass is 272 g/mol. The summed E-state index contributed by atoms with van der Waals surface area (Å²) < 4.78 is 3.17. The second-order valence-corrected chi connectivity index (χ2v) is 4.47. The van der Waals surface area contributed by atoms with Crippen molar-refractivity contribution in [3.63, 3.8) is 0 Å². The van der Waals surface area contributed by atoms with E-state index in [0.29, 0.717) is 17.6 Å². The van der Waals surface area contributed by atoms with E-state index in [0.717, 1.165) is 5.69 Å². The summed E-state index contributed by atoms with van der Waals surface area (Å²) in [4.78, 5) is 25.8. The van der Waals surface area contributed by atoms with Crippen LogP contribution in [0.4, 0.5) is 0 Å². The summed E-state index contributed by atoms with van der Waals surface area (Å²) in [5.41, 5.74) is 1.51. The zero-order chi connectivity index (χ0) is 14.3. The van der Waals surface area contributed by atoms with Crippen molar-refractivity contribution in [1.82, 2.24) is 19.3 Å². The predicted octanol–water partition coefficient (Wildman–Crippen LogP) is 0.810. The molecule has 2 heterocycles. The van der Waals surface area contributed by atoms with Gasteiger partial charge in [0.2, 0.25) is 0 Å². The summed E-state index contributed by atoms with van der Waals surface area (Å²) in [6.07, 6.45) is 1.65. The smallest absolute Gasteiger partial charge is 0.337 e. The molecular weight excluding hydrogens is 260 g/mol. The summed E-state index contributed by atoms with van der Waals surface area (Å²) in [5.74, 6) is -1.07. The Morgan fingerprint density at radius 3 is 2.85 bits per heavy atom. The minimum Gasteiger partial charge on any atom is -0.478 e. The SMILES string of the molecule is Cn1nccc1Cn1c(=O)[nH]c2c(C(=O)O)cccc21. The van der Waals surface area contributed by atoms with Crippen molar-refractivity contribution < 1.29 is 9.90 Å². The number of aryl methyl sites for hydroxylation is 1. The van der Waals surface area contributed by atoms with Gasteiger partial charge in [-0.1, -0.05) is 6.07 Å². The van der Waals surface area contributed by atoms with Crippen LogP contribution in [0.25, 0.3) is 11.0 Å². The number of para-hydroxylation sites is 1. The van der Waals surface area contributed by atoms with Gasteiger partial charge in [-0.2, -0.15) is 5.10 Å². The lowest BCUT2D eigenvalue weighted by molar-refractivity contribution is 0.0699. The number of carboxylic acids is 1. The van der Waals surface area contributed by atoms with E-state index in [1.54, 1.807) is 30.1 Å². The van der Waals surface area contributed by atoms with Crippen LogP contribution in [0, 0.1) is 0 Å². The fraction of sp³-hybridized carbons (Fsp3) is 0.154. The number of aromatic amines is 1. The molecule has 7 nitrogen and oxygen atoms in total. The van der Waals surface area contributed by atoms with Crippen LogP contribution >= 0.6 is 0 Å². The first kappa shape index (κ1) is 12.2. The molecule has 7 heteroatoms. The maximum atomic E-state index is 12.0. The molecule has 0 radical (unpaired) electrons. The molecule has 0 amide bonds. The van der Waals surface area contributed by atoms with E-state index in [2.05, 4.69) is 10.1 Å². The van der Waals surface area contributed by atoms with Crippen LogP contribution in [-0.4, -0.2) is 30.4 Å². The molecule has 0 aliphatic heterocycles. The second-order valence-electron chi connectivity index (χ2n) is 4.47. The second kappa shape index (κ2) is 4.37. The molecule has 2 aromatic heterocycles. The molecule has 0 unspecified atom stereocenters. The van der Waals surface area contributed by atoms with Crippen molar-refractivity contribution in [2.24, 2.45) is 7.05 Å². The Morgan fingerprint density at radius 2 is 2.20 bits per heavy atom. The highest BCUT2D eigenvalue weighted by Crippen LogP contribution is 2.16. The van der Waals surface area contributed by atoms with E-state index in [1.165, 1.54) is 10.6 Å². The van der Waals surface area contributed by atoms with Gasteiger partial charge in [-0.3, -0.25) is 9.25 Å². The minimum atomic E-state index is -1.07. The Morgan fingerprint density at radius 1 is 1.40 bits per heavy atom. The molecule has 0 spiro atoms. The first-order chi connectivity index (χ1) is 9.58. The Balaban J connectivity index is 2.19. The Kier molecular flexibility index (Phi) is 2.67. The molecule has 0 bridgehead atoms. The van der Waals surface area contributed by atoms with Gasteiger partial charge in [0.05, 0.1) is 28.8 Å². The standard InChI is InChI=1S/C13H12N4O3/c1-16-8(5-6-14-16)7-17-10-4-2-3-9(12(18)19)11(10)15-13(17)20/h2-6H,7H2,1H3,(H,15,20)(H,18,19). The summed E-state index contributed by atoms with van der Waals surface area (Å²) in [5, 5.41) is 13.2. The lowest BCUT2D eigenvalue weighted by Gasteiger charge is -2.04. The molecule has 0 fully saturated rings. The molecule has 1 aromatic carbocycles. The third kappa shape index (κ3) is 1.80. The van der Waals surface area contributed by atoms with Gasteiger partial charge in [0.25, 0.3) is 0 Å². The van der Waals surface area contributed by atoms with Crippen molar-refractivity contribution in [2.75, 3.05) is 0 Å². The van der Waals surface area contributed by atoms with Crippen LogP contribution in [0.1, 0.15) is 16.1 Å². The lowest BCUT2D eigenvalue weighted by atomic mass is 10.2. The molecular formula is C13H12N4O3. The van der Waals surface area contributed by atoms with Crippen molar-refractivity contribution >= 4 is 17.0 Å². The first-order valence-corrected chi connectivity index (χ1v) is 5.99. The van der Waals surface area contributed by atoms with Gasteiger partial charge in [-0.25, -0.2) is 9.59 Å². The number of benzene rings is 1. The van der Waals surface area contributed by atoms with Crippen molar-refractivity contribution in [3.05, 3.63) is 52.2 Å². The average molecular weight is 272 g/mol. The number of nitrogens with one attached hydrogen (secondary N) is 1. The topological polar surface area (TPSA) is 92.9 Å². The molecule has 3 rings (SSSR count). The van der Waals surface area contributed by atoms with Crippen LogP contribution < -0.4 is 5.69 Å². The van der Waals surface area contributed by atoms with Gasteiger partial charge < -0.3 is 10.1 Å². The zero-order valence-corrected chi connectivity index (χ0v) is 10.7. The van der Waals surface area contributed by atoms with Gasteiger partial charge in [-0.15, -0.1) is 0 Å². The number of hydrogen-bond donors (Lipinski definition) is 2. The molecule has 0 atom stereocenters. The zero-order valence-electron chi connectivity index (χ0n) is 10.7. The van der Waals surface area contributed by atoms with Gasteiger partial charge in [0.1, 0.15) is 0 Å². The van der Waals surface area contributed by atoms with Crippen molar-refractivity contribution in [3.8, 4) is 0 Å². The van der Waals surface area contributed by atoms with Crippen LogP contribution in [0.15, 0.2) is 35.3 Å². The average Bonchev–Trinajstić information content (AvgIpc) is 2.94. The quantitative estimate of drug-likeness (QED) is 0.738. The lowest BCUT2D eigenvalue weighted by Crippen LogP contribution is -2.18. The number of imidazole rings is 1. The summed E-state index contributed by atoms with van der Waals surface area (Å²) in [6.45, 7) is 0.332. The van der Waals surface area contributed by atoms with E-state index < -0.39 is 5.97 Å². The Hall–Kier alpha value is -2.83. The molecule has 3 aromatic rings. The van der Waals surface area contributed by atoms with Gasteiger partial charge in [-0.05, 0) is 18.2 Å². The van der Waals surface area contributed by atoms with Crippen LogP contribution in [0.3, 0.4) is 0 Å². The maximum Gasteiger partial charge on any atom is 0.337 e. The highest BCUT2D eigenvalue weighted by molar-refractivity contribution is 6.00. The largest absolute Gasteiger partial charge is 0.478 e. The molecule has 0 aliphatic rings. The molecule has 0 aliphatic carbocycles. The maximum absolute atomic E-state index is 12.0. The molecule has 102 valence electrons. The molecule has 20 heavy (non-hydrogen) atoms. The van der Waals surface area contributed by atoms with E-state index in [1.807, 2.05) is 6.07 Å². The minimum absolute atomic E-state index is 0.0864. The fourth-order valence-electron chi connectivity index (χ4n) is 2.23. The number of hydrogen-bond acceptors (Lipinski definition) is 3. The summed E-state index contributed by atoms with van der Waals surface area (Å²) in [6, 6.07) is 6.62. The van der Waals surface area contributed by atoms with Crippen LogP contribution in [0.5, 0.6) is 0 Å².